The molecule has 2 heteroatoms. The first-order valence-electron chi connectivity index (χ1n) is 7.07. The van der Waals surface area contributed by atoms with Gasteiger partial charge in [0, 0.05) is 5.92 Å². The van der Waals surface area contributed by atoms with Crippen LogP contribution in [0, 0.1) is 29.6 Å². The number of fused-ring (bicyclic) bond motifs is 1. The molecule has 2 rings (SSSR count). The molecule has 0 aromatic heterocycles. The molecule has 0 spiro atoms. The molecule has 0 aliphatic heterocycles. The van der Waals surface area contributed by atoms with Crippen LogP contribution in [-0.4, -0.2) is 16.5 Å². The van der Waals surface area contributed by atoms with Crippen molar-refractivity contribution in [3.8, 4) is 0 Å². The lowest BCUT2D eigenvalue weighted by molar-refractivity contribution is -0.127. The van der Waals surface area contributed by atoms with Crippen LogP contribution in [0.5, 0.6) is 0 Å². The van der Waals surface area contributed by atoms with Gasteiger partial charge in [0.15, 0.2) is 0 Å². The molecule has 0 bridgehead atoms. The maximum atomic E-state index is 11.8. The van der Waals surface area contributed by atoms with Crippen LogP contribution < -0.4 is 0 Å². The second-order valence-corrected chi connectivity index (χ2v) is 6.78. The molecular weight excluding hydrogens is 212 g/mol. The number of carbonyl (C=O) groups excluding carboxylic acids is 1. The van der Waals surface area contributed by atoms with E-state index < -0.39 is 5.60 Å². The highest BCUT2D eigenvalue weighted by Crippen LogP contribution is 2.54. The van der Waals surface area contributed by atoms with Crippen LogP contribution in [0.4, 0.5) is 0 Å². The monoisotopic (exact) mass is 238 g/mol. The van der Waals surface area contributed by atoms with Crippen molar-refractivity contribution in [2.24, 2.45) is 29.6 Å². The summed E-state index contributed by atoms with van der Waals surface area (Å²) in [4.78, 5) is 11.8. The summed E-state index contributed by atoms with van der Waals surface area (Å²) in [7, 11) is 0. The molecule has 5 atom stereocenters. The van der Waals surface area contributed by atoms with Crippen LogP contribution >= 0.6 is 0 Å². The Bertz CT molecular complexity index is 306. The highest BCUT2D eigenvalue weighted by molar-refractivity contribution is 5.79. The fraction of sp³-hybridized carbons (Fsp3) is 0.933. The Morgan fingerprint density at radius 3 is 2.47 bits per heavy atom. The van der Waals surface area contributed by atoms with Crippen molar-refractivity contribution in [2.45, 2.75) is 59.0 Å². The zero-order chi connectivity index (χ0) is 12.8. The standard InChI is InChI=1S/C15H26O2/c1-9(2)11-7-8-15(4,17)13-6-5-12(10(3)16)14(11)13/h9,11-14,17H,5-8H2,1-4H3/t11?,12?,13-,14-,15-/m1/s1. The molecular formula is C15H26O2. The average molecular weight is 238 g/mol. The summed E-state index contributed by atoms with van der Waals surface area (Å²) in [5, 5.41) is 10.5. The van der Waals surface area contributed by atoms with Gasteiger partial charge >= 0.3 is 0 Å². The van der Waals surface area contributed by atoms with Gasteiger partial charge in [0.1, 0.15) is 5.78 Å². The Morgan fingerprint density at radius 1 is 1.29 bits per heavy atom. The molecule has 0 aromatic rings. The van der Waals surface area contributed by atoms with E-state index in [2.05, 4.69) is 13.8 Å². The smallest absolute Gasteiger partial charge is 0.133 e. The molecule has 2 aliphatic rings. The quantitative estimate of drug-likeness (QED) is 0.803. The first-order valence-corrected chi connectivity index (χ1v) is 7.07. The van der Waals surface area contributed by atoms with E-state index in [1.807, 2.05) is 6.92 Å². The van der Waals surface area contributed by atoms with Gasteiger partial charge < -0.3 is 5.11 Å². The van der Waals surface area contributed by atoms with Crippen LogP contribution in [0.1, 0.15) is 53.4 Å². The normalized spacial score (nSPS) is 46.0. The van der Waals surface area contributed by atoms with E-state index in [4.69, 9.17) is 0 Å². The lowest BCUT2D eigenvalue weighted by Gasteiger charge is -2.46. The molecule has 0 heterocycles. The van der Waals surface area contributed by atoms with Crippen molar-refractivity contribution in [2.75, 3.05) is 0 Å². The Kier molecular flexibility index (Phi) is 3.37. The molecule has 2 nitrogen and oxygen atoms in total. The molecule has 2 fully saturated rings. The van der Waals surface area contributed by atoms with E-state index >= 15 is 0 Å². The molecule has 0 amide bonds. The minimum Gasteiger partial charge on any atom is -0.390 e. The lowest BCUT2D eigenvalue weighted by atomic mass is 9.61. The molecule has 2 saturated carbocycles. The van der Waals surface area contributed by atoms with Gasteiger partial charge in [0.2, 0.25) is 0 Å². The summed E-state index contributed by atoms with van der Waals surface area (Å²) < 4.78 is 0. The van der Waals surface area contributed by atoms with E-state index in [1.165, 1.54) is 0 Å². The number of aliphatic hydroxyl groups is 1. The van der Waals surface area contributed by atoms with Gasteiger partial charge in [-0.25, -0.2) is 0 Å². The minimum absolute atomic E-state index is 0.208. The molecule has 2 aliphatic carbocycles. The molecule has 1 N–H and O–H groups in total. The number of ketones is 1. The van der Waals surface area contributed by atoms with Crippen molar-refractivity contribution in [3.63, 3.8) is 0 Å². The number of rotatable bonds is 2. The Labute approximate surface area is 105 Å². The first-order chi connectivity index (χ1) is 7.84. The Morgan fingerprint density at radius 2 is 1.94 bits per heavy atom. The SMILES string of the molecule is CC(=O)C1CC[C@@H]2[C@@H]1C(C(C)C)CC[C@@]2(C)O. The fourth-order valence-electron chi connectivity index (χ4n) is 4.44. The largest absolute Gasteiger partial charge is 0.390 e. The Hall–Kier alpha value is -0.370. The predicted octanol–water partition coefficient (Wildman–Crippen LogP) is 3.03. The number of Topliss-reactive ketones (excluding diaryl/α,β-unsaturated/α-hetero) is 1. The maximum absolute atomic E-state index is 11.8. The van der Waals surface area contributed by atoms with Crippen LogP contribution in [0.15, 0.2) is 0 Å². The average Bonchev–Trinajstić information content (AvgIpc) is 2.62. The van der Waals surface area contributed by atoms with E-state index in [0.29, 0.717) is 29.5 Å². The number of carbonyl (C=O) groups is 1. The van der Waals surface area contributed by atoms with E-state index in [1.54, 1.807) is 6.92 Å². The zero-order valence-corrected chi connectivity index (χ0v) is 11.6. The third-order valence-electron chi connectivity index (χ3n) is 5.37. The van der Waals surface area contributed by atoms with Crippen LogP contribution in [-0.2, 0) is 4.79 Å². The van der Waals surface area contributed by atoms with Crippen molar-refractivity contribution in [3.05, 3.63) is 0 Å². The second kappa shape index (κ2) is 4.38. The molecule has 0 saturated heterocycles. The topological polar surface area (TPSA) is 37.3 Å². The second-order valence-electron chi connectivity index (χ2n) is 6.78. The third-order valence-corrected chi connectivity index (χ3v) is 5.37. The summed E-state index contributed by atoms with van der Waals surface area (Å²) >= 11 is 0. The van der Waals surface area contributed by atoms with E-state index in [9.17, 15) is 9.90 Å². The van der Waals surface area contributed by atoms with Gasteiger partial charge in [-0.05, 0) is 63.2 Å². The molecule has 2 unspecified atom stereocenters. The maximum Gasteiger partial charge on any atom is 0.133 e. The summed E-state index contributed by atoms with van der Waals surface area (Å²) in [5.74, 6) is 2.56. The highest BCUT2D eigenvalue weighted by atomic mass is 16.3. The number of hydrogen-bond donors (Lipinski definition) is 1. The van der Waals surface area contributed by atoms with Crippen molar-refractivity contribution in [1.82, 2.24) is 0 Å². The van der Waals surface area contributed by atoms with Gasteiger partial charge in [0.05, 0.1) is 5.60 Å². The fourth-order valence-corrected chi connectivity index (χ4v) is 4.44. The van der Waals surface area contributed by atoms with E-state index in [-0.39, 0.29) is 5.92 Å². The lowest BCUT2D eigenvalue weighted by Crippen LogP contribution is -2.47. The third kappa shape index (κ3) is 2.16. The van der Waals surface area contributed by atoms with Gasteiger partial charge in [-0.2, -0.15) is 0 Å². The summed E-state index contributed by atoms with van der Waals surface area (Å²) in [6, 6.07) is 0. The van der Waals surface area contributed by atoms with Crippen LogP contribution in [0.3, 0.4) is 0 Å². The van der Waals surface area contributed by atoms with Crippen LogP contribution in [0.25, 0.3) is 0 Å². The zero-order valence-electron chi connectivity index (χ0n) is 11.6. The molecule has 17 heavy (non-hydrogen) atoms. The highest BCUT2D eigenvalue weighted by Gasteiger charge is 2.53. The van der Waals surface area contributed by atoms with Crippen molar-refractivity contribution < 1.29 is 9.90 Å². The van der Waals surface area contributed by atoms with Crippen molar-refractivity contribution >= 4 is 5.78 Å². The summed E-state index contributed by atoms with van der Waals surface area (Å²) in [5.41, 5.74) is -0.541. The van der Waals surface area contributed by atoms with E-state index in [0.717, 1.165) is 25.7 Å². The van der Waals surface area contributed by atoms with Gasteiger partial charge in [-0.1, -0.05) is 13.8 Å². The summed E-state index contributed by atoms with van der Waals surface area (Å²) in [6.07, 6.45) is 4.01. The predicted molar refractivity (Wildman–Crippen MR) is 68.6 cm³/mol. The molecule has 0 aromatic carbocycles. The Balaban J connectivity index is 2.28. The van der Waals surface area contributed by atoms with Crippen LogP contribution in [0.2, 0.25) is 0 Å². The van der Waals surface area contributed by atoms with Gasteiger partial charge in [0.25, 0.3) is 0 Å². The minimum atomic E-state index is -0.541. The number of hydrogen-bond acceptors (Lipinski definition) is 2. The van der Waals surface area contributed by atoms with Crippen molar-refractivity contribution in [1.29, 1.82) is 0 Å². The summed E-state index contributed by atoms with van der Waals surface area (Å²) in [6.45, 7) is 8.23. The molecule has 0 radical (unpaired) electrons. The first kappa shape index (κ1) is 13.1. The van der Waals surface area contributed by atoms with Gasteiger partial charge in [-0.15, -0.1) is 0 Å². The molecule has 98 valence electrons. The van der Waals surface area contributed by atoms with Gasteiger partial charge in [-0.3, -0.25) is 4.79 Å².